The Bertz CT molecular complexity index is 334. The molecule has 1 saturated heterocycles. The quantitative estimate of drug-likeness (QED) is 0.828. The molecular formula is C16H28N2O. The van der Waals surface area contributed by atoms with Crippen LogP contribution in [0.2, 0.25) is 0 Å². The van der Waals surface area contributed by atoms with Gasteiger partial charge in [0.2, 0.25) is 5.91 Å². The average molecular weight is 264 g/mol. The third-order valence-corrected chi connectivity index (χ3v) is 5.45. The van der Waals surface area contributed by atoms with Gasteiger partial charge in [0.15, 0.2) is 0 Å². The summed E-state index contributed by atoms with van der Waals surface area (Å²) in [6.45, 7) is 5.43. The first-order valence-corrected chi connectivity index (χ1v) is 8.27. The highest BCUT2D eigenvalue weighted by molar-refractivity contribution is 5.84. The van der Waals surface area contributed by atoms with Crippen LogP contribution in [0.15, 0.2) is 0 Å². The van der Waals surface area contributed by atoms with Gasteiger partial charge in [0.25, 0.3) is 0 Å². The summed E-state index contributed by atoms with van der Waals surface area (Å²) in [5.41, 5.74) is 0. The normalized spacial score (nSPS) is 34.2. The molecule has 1 N–H and O–H groups in total. The van der Waals surface area contributed by atoms with E-state index in [1.54, 1.807) is 0 Å². The summed E-state index contributed by atoms with van der Waals surface area (Å²) < 4.78 is 0. The molecule has 0 aromatic rings. The van der Waals surface area contributed by atoms with Gasteiger partial charge >= 0.3 is 0 Å². The molecule has 0 aromatic heterocycles. The highest BCUT2D eigenvalue weighted by atomic mass is 16.2. The molecule has 2 saturated carbocycles. The molecular weight excluding hydrogens is 236 g/mol. The van der Waals surface area contributed by atoms with Crippen LogP contribution in [0.1, 0.15) is 58.8 Å². The highest BCUT2D eigenvalue weighted by Crippen LogP contribution is 2.39. The number of amides is 1. The monoisotopic (exact) mass is 264 g/mol. The Kier molecular flexibility index (Phi) is 3.84. The van der Waals surface area contributed by atoms with Crippen LogP contribution in [0.5, 0.6) is 0 Å². The Morgan fingerprint density at radius 2 is 1.95 bits per heavy atom. The number of carbonyl (C=O) groups is 1. The summed E-state index contributed by atoms with van der Waals surface area (Å²) >= 11 is 0. The predicted molar refractivity (Wildman–Crippen MR) is 76.6 cm³/mol. The van der Waals surface area contributed by atoms with E-state index in [9.17, 15) is 4.79 Å². The van der Waals surface area contributed by atoms with Crippen molar-refractivity contribution in [3.8, 4) is 0 Å². The van der Waals surface area contributed by atoms with E-state index in [1.807, 2.05) is 0 Å². The number of hydrogen-bond acceptors (Lipinski definition) is 2. The van der Waals surface area contributed by atoms with Crippen molar-refractivity contribution < 1.29 is 4.79 Å². The Labute approximate surface area is 117 Å². The molecule has 1 aliphatic heterocycles. The van der Waals surface area contributed by atoms with Gasteiger partial charge in [-0.2, -0.15) is 0 Å². The lowest BCUT2D eigenvalue weighted by molar-refractivity contribution is -0.131. The lowest BCUT2D eigenvalue weighted by Gasteiger charge is -2.31. The molecule has 0 radical (unpaired) electrons. The summed E-state index contributed by atoms with van der Waals surface area (Å²) in [7, 11) is 0. The highest BCUT2D eigenvalue weighted by Gasteiger charge is 2.43. The minimum atomic E-state index is 0.0806. The molecule has 0 spiro atoms. The molecule has 3 aliphatic rings. The first-order chi connectivity index (χ1) is 9.20. The number of nitrogens with one attached hydrogen (secondary N) is 1. The van der Waals surface area contributed by atoms with E-state index in [0.29, 0.717) is 23.9 Å². The van der Waals surface area contributed by atoms with E-state index >= 15 is 0 Å². The SMILES string of the molecule is CCC1NC(C2CCCC2)N(CC(C)C2CC2)C1=O. The van der Waals surface area contributed by atoms with Crippen LogP contribution in [-0.2, 0) is 4.79 Å². The maximum Gasteiger partial charge on any atom is 0.241 e. The van der Waals surface area contributed by atoms with Crippen molar-refractivity contribution in [3.63, 3.8) is 0 Å². The molecule has 3 atom stereocenters. The molecule has 19 heavy (non-hydrogen) atoms. The van der Waals surface area contributed by atoms with Gasteiger partial charge < -0.3 is 4.90 Å². The van der Waals surface area contributed by atoms with Crippen LogP contribution in [0.4, 0.5) is 0 Å². The summed E-state index contributed by atoms with van der Waals surface area (Å²) in [6.07, 6.45) is 9.31. The molecule has 3 fully saturated rings. The Balaban J connectivity index is 1.69. The van der Waals surface area contributed by atoms with Gasteiger partial charge in [-0.1, -0.05) is 26.7 Å². The van der Waals surface area contributed by atoms with E-state index in [1.165, 1.54) is 38.5 Å². The molecule has 3 rings (SSSR count). The first kappa shape index (κ1) is 13.4. The fourth-order valence-corrected chi connectivity index (χ4v) is 3.99. The Morgan fingerprint density at radius 1 is 1.26 bits per heavy atom. The van der Waals surface area contributed by atoms with Gasteiger partial charge in [0.05, 0.1) is 12.2 Å². The minimum Gasteiger partial charge on any atom is -0.325 e. The molecule has 1 amide bonds. The van der Waals surface area contributed by atoms with Crippen molar-refractivity contribution in [2.24, 2.45) is 17.8 Å². The summed E-state index contributed by atoms with van der Waals surface area (Å²) in [6, 6.07) is 0.0806. The second-order valence-electron chi connectivity index (χ2n) is 6.92. The van der Waals surface area contributed by atoms with Gasteiger partial charge in [0.1, 0.15) is 0 Å². The number of hydrogen-bond donors (Lipinski definition) is 1. The number of nitrogens with zero attached hydrogens (tertiary/aromatic N) is 1. The maximum absolute atomic E-state index is 12.5. The van der Waals surface area contributed by atoms with Gasteiger partial charge in [-0.05, 0) is 49.9 Å². The number of carbonyl (C=O) groups excluding carboxylic acids is 1. The smallest absolute Gasteiger partial charge is 0.241 e. The van der Waals surface area contributed by atoms with E-state index in [0.717, 1.165) is 18.9 Å². The van der Waals surface area contributed by atoms with Crippen molar-refractivity contribution >= 4 is 5.91 Å². The number of rotatable bonds is 5. The molecule has 3 nitrogen and oxygen atoms in total. The largest absolute Gasteiger partial charge is 0.325 e. The zero-order valence-corrected chi connectivity index (χ0v) is 12.4. The van der Waals surface area contributed by atoms with Crippen LogP contribution in [0, 0.1) is 17.8 Å². The van der Waals surface area contributed by atoms with Crippen LogP contribution in [0.3, 0.4) is 0 Å². The molecule has 1 heterocycles. The van der Waals surface area contributed by atoms with Crippen molar-refractivity contribution in [3.05, 3.63) is 0 Å². The van der Waals surface area contributed by atoms with Gasteiger partial charge in [-0.3, -0.25) is 10.1 Å². The standard InChI is InChI=1S/C16H28N2O/c1-3-14-16(19)18(10-11(2)12-8-9-12)15(17-14)13-6-4-5-7-13/h11-15,17H,3-10H2,1-2H3. The van der Waals surface area contributed by atoms with Crippen molar-refractivity contribution in [1.29, 1.82) is 0 Å². The Morgan fingerprint density at radius 3 is 2.53 bits per heavy atom. The van der Waals surface area contributed by atoms with Gasteiger partial charge in [-0.15, -0.1) is 0 Å². The van der Waals surface area contributed by atoms with Crippen molar-refractivity contribution in [2.75, 3.05) is 6.54 Å². The van der Waals surface area contributed by atoms with Crippen LogP contribution in [-0.4, -0.2) is 29.6 Å². The molecule has 3 unspecified atom stereocenters. The fraction of sp³-hybridized carbons (Fsp3) is 0.938. The van der Waals surface area contributed by atoms with Crippen LogP contribution < -0.4 is 5.32 Å². The summed E-state index contributed by atoms with van der Waals surface area (Å²) in [5.74, 6) is 2.64. The van der Waals surface area contributed by atoms with E-state index in [4.69, 9.17) is 0 Å². The fourth-order valence-electron chi connectivity index (χ4n) is 3.99. The van der Waals surface area contributed by atoms with Crippen molar-refractivity contribution in [1.82, 2.24) is 10.2 Å². The zero-order chi connectivity index (χ0) is 13.4. The minimum absolute atomic E-state index is 0.0806. The van der Waals surface area contributed by atoms with E-state index < -0.39 is 0 Å². The second-order valence-corrected chi connectivity index (χ2v) is 6.92. The summed E-state index contributed by atoms with van der Waals surface area (Å²) in [5, 5.41) is 3.62. The molecule has 0 bridgehead atoms. The third kappa shape index (κ3) is 2.67. The van der Waals surface area contributed by atoms with Crippen LogP contribution in [0.25, 0.3) is 0 Å². The molecule has 3 heteroatoms. The van der Waals surface area contributed by atoms with Crippen LogP contribution >= 0.6 is 0 Å². The van der Waals surface area contributed by atoms with E-state index in [-0.39, 0.29) is 6.04 Å². The lowest BCUT2D eigenvalue weighted by atomic mass is 10.0. The topological polar surface area (TPSA) is 32.3 Å². The van der Waals surface area contributed by atoms with E-state index in [2.05, 4.69) is 24.1 Å². The molecule has 108 valence electrons. The maximum atomic E-state index is 12.5. The lowest BCUT2D eigenvalue weighted by Crippen LogP contribution is -2.44. The second kappa shape index (κ2) is 5.43. The summed E-state index contributed by atoms with van der Waals surface area (Å²) in [4.78, 5) is 14.7. The Hall–Kier alpha value is -0.570. The average Bonchev–Trinajstić information content (AvgIpc) is 3.04. The van der Waals surface area contributed by atoms with Gasteiger partial charge in [0, 0.05) is 6.54 Å². The predicted octanol–water partition coefficient (Wildman–Crippen LogP) is 2.76. The molecule has 0 aromatic carbocycles. The first-order valence-electron chi connectivity index (χ1n) is 8.27. The molecule has 2 aliphatic carbocycles. The zero-order valence-electron chi connectivity index (χ0n) is 12.4. The third-order valence-electron chi connectivity index (χ3n) is 5.45. The van der Waals surface area contributed by atoms with Gasteiger partial charge in [-0.25, -0.2) is 0 Å². The van der Waals surface area contributed by atoms with Crippen molar-refractivity contribution in [2.45, 2.75) is 71.0 Å².